The molecule has 152 valence electrons. The van der Waals surface area contributed by atoms with E-state index in [-0.39, 0.29) is 23.8 Å². The number of halogens is 2. The van der Waals surface area contributed by atoms with Gasteiger partial charge >= 0.3 is 5.97 Å². The minimum atomic E-state index is -1.03. The fraction of sp³-hybridized carbons (Fsp3) is 0.286. The number of rotatable bonds is 6. The number of hydrogen-bond donors (Lipinski definition) is 1. The second-order valence-corrected chi connectivity index (χ2v) is 7.11. The Kier molecular flexibility index (Phi) is 6.49. The highest BCUT2D eigenvalue weighted by Gasteiger charge is 2.25. The third kappa shape index (κ3) is 5.12. The Morgan fingerprint density at radius 2 is 1.97 bits per heavy atom. The highest BCUT2D eigenvalue weighted by Crippen LogP contribution is 2.30. The number of nitrogens with zero attached hydrogens (tertiary/aromatic N) is 1. The zero-order valence-corrected chi connectivity index (χ0v) is 16.5. The molecule has 1 fully saturated rings. The van der Waals surface area contributed by atoms with Crippen LogP contribution in [0.2, 0.25) is 5.02 Å². The Bertz CT molecular complexity index is 933. The summed E-state index contributed by atoms with van der Waals surface area (Å²) in [5.41, 5.74) is 1.37. The van der Waals surface area contributed by atoms with Crippen molar-refractivity contribution < 1.29 is 23.5 Å². The zero-order chi connectivity index (χ0) is 21.0. The Hall–Kier alpha value is -2.93. The van der Waals surface area contributed by atoms with Crippen LogP contribution in [0.25, 0.3) is 0 Å². The summed E-state index contributed by atoms with van der Waals surface area (Å²) >= 11 is 6.18. The Balaban J connectivity index is 1.61. The van der Waals surface area contributed by atoms with E-state index in [0.717, 1.165) is 12.0 Å². The van der Waals surface area contributed by atoms with Gasteiger partial charge in [0.05, 0.1) is 16.3 Å². The SMILES string of the molecule is C[C@H](OC(=O)c1ccc(Cl)c(N2CCCC2=O)c1)C(=O)NCc1ccc(F)cc1. The van der Waals surface area contributed by atoms with Gasteiger partial charge in [0, 0.05) is 19.5 Å². The first-order chi connectivity index (χ1) is 13.8. The topological polar surface area (TPSA) is 75.7 Å². The van der Waals surface area contributed by atoms with Crippen molar-refractivity contribution in [2.75, 3.05) is 11.4 Å². The van der Waals surface area contributed by atoms with Gasteiger partial charge in [-0.25, -0.2) is 9.18 Å². The van der Waals surface area contributed by atoms with Crippen molar-refractivity contribution in [3.05, 3.63) is 64.4 Å². The van der Waals surface area contributed by atoms with E-state index in [1.54, 1.807) is 12.1 Å². The van der Waals surface area contributed by atoms with Gasteiger partial charge < -0.3 is 15.0 Å². The molecule has 2 aromatic rings. The normalized spacial score (nSPS) is 14.6. The minimum Gasteiger partial charge on any atom is -0.449 e. The van der Waals surface area contributed by atoms with Crippen molar-refractivity contribution in [2.45, 2.75) is 32.4 Å². The summed E-state index contributed by atoms with van der Waals surface area (Å²) in [7, 11) is 0. The number of amides is 2. The molecule has 0 aliphatic carbocycles. The number of carbonyl (C=O) groups excluding carboxylic acids is 3. The van der Waals surface area contributed by atoms with Crippen molar-refractivity contribution >= 4 is 35.1 Å². The molecule has 1 heterocycles. The summed E-state index contributed by atoms with van der Waals surface area (Å²) in [6.07, 6.45) is 0.140. The molecule has 6 nitrogen and oxygen atoms in total. The van der Waals surface area contributed by atoms with Crippen LogP contribution in [-0.2, 0) is 20.9 Å². The van der Waals surface area contributed by atoms with Gasteiger partial charge in [-0.3, -0.25) is 9.59 Å². The van der Waals surface area contributed by atoms with Crippen molar-refractivity contribution in [3.8, 4) is 0 Å². The first-order valence-electron chi connectivity index (χ1n) is 9.18. The summed E-state index contributed by atoms with van der Waals surface area (Å²) in [5, 5.41) is 3.00. The molecular weight excluding hydrogens is 399 g/mol. The first-order valence-corrected chi connectivity index (χ1v) is 9.56. The highest BCUT2D eigenvalue weighted by molar-refractivity contribution is 6.34. The molecule has 1 aliphatic rings. The van der Waals surface area contributed by atoms with Gasteiger partial charge in [0.2, 0.25) is 5.91 Å². The van der Waals surface area contributed by atoms with Gasteiger partial charge in [-0.2, -0.15) is 0 Å². The monoisotopic (exact) mass is 418 g/mol. The number of hydrogen-bond acceptors (Lipinski definition) is 4. The smallest absolute Gasteiger partial charge is 0.338 e. The summed E-state index contributed by atoms with van der Waals surface area (Å²) < 4.78 is 18.1. The molecule has 0 aromatic heterocycles. The van der Waals surface area contributed by atoms with E-state index in [2.05, 4.69) is 5.32 Å². The summed E-state index contributed by atoms with van der Waals surface area (Å²) in [5.74, 6) is -1.59. The van der Waals surface area contributed by atoms with E-state index >= 15 is 0 Å². The predicted molar refractivity (Wildman–Crippen MR) is 106 cm³/mol. The highest BCUT2D eigenvalue weighted by atomic mass is 35.5. The van der Waals surface area contributed by atoms with Gasteiger partial charge in [-0.1, -0.05) is 23.7 Å². The second-order valence-electron chi connectivity index (χ2n) is 6.71. The molecule has 8 heteroatoms. The number of carbonyl (C=O) groups is 3. The van der Waals surface area contributed by atoms with Gasteiger partial charge in [-0.05, 0) is 49.2 Å². The Morgan fingerprint density at radius 3 is 2.62 bits per heavy atom. The largest absolute Gasteiger partial charge is 0.449 e. The number of ether oxygens (including phenoxy) is 1. The van der Waals surface area contributed by atoms with Gasteiger partial charge in [0.1, 0.15) is 5.82 Å². The van der Waals surface area contributed by atoms with Crippen LogP contribution in [0, 0.1) is 5.82 Å². The van der Waals surface area contributed by atoms with Crippen LogP contribution in [0.15, 0.2) is 42.5 Å². The average Bonchev–Trinajstić information content (AvgIpc) is 3.13. The molecule has 0 unspecified atom stereocenters. The van der Waals surface area contributed by atoms with E-state index in [0.29, 0.717) is 23.7 Å². The van der Waals surface area contributed by atoms with Crippen LogP contribution in [0.4, 0.5) is 10.1 Å². The number of nitrogens with one attached hydrogen (secondary N) is 1. The van der Waals surface area contributed by atoms with Crippen LogP contribution in [0.3, 0.4) is 0 Å². The maximum atomic E-state index is 12.9. The fourth-order valence-corrected chi connectivity index (χ4v) is 3.19. The number of esters is 1. The van der Waals surface area contributed by atoms with Crippen LogP contribution < -0.4 is 10.2 Å². The van der Waals surface area contributed by atoms with Crippen LogP contribution >= 0.6 is 11.6 Å². The summed E-state index contributed by atoms with van der Waals surface area (Å²) in [6.45, 7) is 2.18. The zero-order valence-electron chi connectivity index (χ0n) is 15.8. The van der Waals surface area contributed by atoms with Crippen molar-refractivity contribution in [1.82, 2.24) is 5.32 Å². The predicted octanol–water partition coefficient (Wildman–Crippen LogP) is 3.47. The molecule has 1 atom stereocenters. The quantitative estimate of drug-likeness (QED) is 0.729. The molecule has 1 saturated heterocycles. The van der Waals surface area contributed by atoms with Crippen molar-refractivity contribution in [1.29, 1.82) is 0 Å². The molecule has 29 heavy (non-hydrogen) atoms. The summed E-state index contributed by atoms with van der Waals surface area (Å²) in [4.78, 5) is 38.1. The third-order valence-electron chi connectivity index (χ3n) is 4.58. The van der Waals surface area contributed by atoms with E-state index in [1.807, 2.05) is 0 Å². The minimum absolute atomic E-state index is 0.0500. The van der Waals surface area contributed by atoms with Gasteiger partial charge in [0.25, 0.3) is 5.91 Å². The lowest BCUT2D eigenvalue weighted by atomic mass is 10.2. The average molecular weight is 419 g/mol. The fourth-order valence-electron chi connectivity index (χ4n) is 2.97. The molecule has 0 radical (unpaired) electrons. The van der Waals surface area contributed by atoms with Crippen LogP contribution in [-0.4, -0.2) is 30.4 Å². The van der Waals surface area contributed by atoms with E-state index < -0.39 is 18.0 Å². The molecule has 0 bridgehead atoms. The molecule has 0 spiro atoms. The van der Waals surface area contributed by atoms with Crippen LogP contribution in [0.5, 0.6) is 0 Å². The third-order valence-corrected chi connectivity index (χ3v) is 4.90. The lowest BCUT2D eigenvalue weighted by molar-refractivity contribution is -0.129. The lowest BCUT2D eigenvalue weighted by Gasteiger charge is -2.19. The molecule has 1 N–H and O–H groups in total. The van der Waals surface area contributed by atoms with Crippen LogP contribution in [0.1, 0.15) is 35.7 Å². The molecule has 2 amide bonds. The lowest BCUT2D eigenvalue weighted by Crippen LogP contribution is -2.35. The maximum absolute atomic E-state index is 12.9. The Labute approximate surface area is 172 Å². The molecule has 3 rings (SSSR count). The molecular formula is C21H20ClFN2O4. The number of benzene rings is 2. The summed E-state index contributed by atoms with van der Waals surface area (Å²) in [6, 6.07) is 10.2. The first kappa shape index (κ1) is 20.8. The molecule has 0 saturated carbocycles. The van der Waals surface area contributed by atoms with Crippen molar-refractivity contribution in [2.24, 2.45) is 0 Å². The van der Waals surface area contributed by atoms with Crippen molar-refractivity contribution in [3.63, 3.8) is 0 Å². The second kappa shape index (κ2) is 9.05. The standard InChI is InChI=1S/C21H20ClFN2O4/c1-13(20(27)24-12-14-4-7-16(23)8-5-14)29-21(28)15-6-9-17(22)18(11-15)25-10-2-3-19(25)26/h4-9,11,13H,2-3,10,12H2,1H3,(H,24,27)/t13-/m0/s1. The molecule has 1 aliphatic heterocycles. The van der Waals surface area contributed by atoms with E-state index in [9.17, 15) is 18.8 Å². The van der Waals surface area contributed by atoms with Gasteiger partial charge in [0.15, 0.2) is 6.10 Å². The molecule has 2 aromatic carbocycles. The Morgan fingerprint density at radius 1 is 1.24 bits per heavy atom. The van der Waals surface area contributed by atoms with Gasteiger partial charge in [-0.15, -0.1) is 0 Å². The number of anilines is 1. The van der Waals surface area contributed by atoms with E-state index in [1.165, 1.54) is 42.2 Å². The maximum Gasteiger partial charge on any atom is 0.338 e. The van der Waals surface area contributed by atoms with E-state index in [4.69, 9.17) is 16.3 Å².